The molecule has 1 aromatic heterocycles. The van der Waals surface area contributed by atoms with Crippen molar-refractivity contribution >= 4 is 26.0 Å². The van der Waals surface area contributed by atoms with Crippen molar-refractivity contribution < 1.29 is 12.8 Å². The molecule has 1 heterocycles. The molecule has 1 aromatic rings. The molecule has 0 aliphatic heterocycles. The highest BCUT2D eigenvalue weighted by molar-refractivity contribution is 9.10. The highest BCUT2D eigenvalue weighted by Crippen LogP contribution is 2.16. The summed E-state index contributed by atoms with van der Waals surface area (Å²) in [7, 11) is -3.25. The molecule has 0 saturated heterocycles. The maximum atomic E-state index is 11.2. The van der Waals surface area contributed by atoms with Crippen LogP contribution in [0.1, 0.15) is 24.5 Å². The monoisotopic (exact) mass is 281 g/mol. The lowest BCUT2D eigenvalue weighted by Gasteiger charge is -2.09. The lowest BCUT2D eigenvalue weighted by molar-refractivity contribution is 0.442. The van der Waals surface area contributed by atoms with Crippen LogP contribution in [-0.4, -0.2) is 13.1 Å². The number of furan rings is 1. The van der Waals surface area contributed by atoms with Gasteiger partial charge in [-0.25, -0.2) is 13.1 Å². The van der Waals surface area contributed by atoms with E-state index in [1.54, 1.807) is 19.1 Å². The zero-order chi connectivity index (χ0) is 10.8. The largest absolute Gasteiger partial charge is 0.465 e. The van der Waals surface area contributed by atoms with Gasteiger partial charge in [-0.15, -0.1) is 0 Å². The van der Waals surface area contributed by atoms with Gasteiger partial charge in [0.25, 0.3) is 0 Å². The van der Waals surface area contributed by atoms with E-state index in [1.807, 2.05) is 6.92 Å². The smallest absolute Gasteiger partial charge is 0.222 e. The molecule has 4 nitrogen and oxygen atoms in total. The van der Waals surface area contributed by atoms with Gasteiger partial charge < -0.3 is 4.42 Å². The van der Waals surface area contributed by atoms with Crippen LogP contribution >= 0.6 is 15.9 Å². The Morgan fingerprint density at radius 1 is 1.57 bits per heavy atom. The van der Waals surface area contributed by atoms with E-state index < -0.39 is 10.0 Å². The molecule has 1 N–H and O–H groups in total. The second-order valence-electron chi connectivity index (χ2n) is 3.01. The third kappa shape index (κ3) is 3.11. The second-order valence-corrected chi connectivity index (χ2v) is 6.07. The van der Waals surface area contributed by atoms with Crippen LogP contribution in [0.4, 0.5) is 0 Å². The van der Waals surface area contributed by atoms with Crippen LogP contribution in [-0.2, 0) is 10.0 Å². The average Bonchev–Trinajstić information content (AvgIpc) is 2.51. The van der Waals surface area contributed by atoms with E-state index in [-0.39, 0.29) is 10.7 Å². The van der Waals surface area contributed by atoms with Crippen molar-refractivity contribution in [2.75, 3.05) is 4.66 Å². The molecule has 0 aliphatic carbocycles. The first-order valence-electron chi connectivity index (χ1n) is 4.07. The SMILES string of the molecule is Cc1ccc(C(C)NS(=O)(=O)CBr)o1. The summed E-state index contributed by atoms with van der Waals surface area (Å²) < 4.78 is 30.0. The molecule has 0 aromatic carbocycles. The molecule has 0 saturated carbocycles. The lowest BCUT2D eigenvalue weighted by atomic mass is 10.3. The van der Waals surface area contributed by atoms with E-state index in [2.05, 4.69) is 20.7 Å². The topological polar surface area (TPSA) is 59.3 Å². The van der Waals surface area contributed by atoms with Crippen molar-refractivity contribution in [1.29, 1.82) is 0 Å². The summed E-state index contributed by atoms with van der Waals surface area (Å²) in [5.41, 5.74) is 0. The zero-order valence-corrected chi connectivity index (χ0v) is 10.4. The molecule has 1 rings (SSSR count). The van der Waals surface area contributed by atoms with Gasteiger partial charge >= 0.3 is 0 Å². The Morgan fingerprint density at radius 2 is 2.21 bits per heavy atom. The van der Waals surface area contributed by atoms with Gasteiger partial charge in [0, 0.05) is 0 Å². The molecule has 1 unspecified atom stereocenters. The van der Waals surface area contributed by atoms with E-state index in [4.69, 9.17) is 4.42 Å². The van der Waals surface area contributed by atoms with Crippen molar-refractivity contribution in [3.63, 3.8) is 0 Å². The Bertz CT molecular complexity index is 398. The summed E-state index contributed by atoms with van der Waals surface area (Å²) >= 11 is 2.90. The predicted molar refractivity (Wildman–Crippen MR) is 57.7 cm³/mol. The second kappa shape index (κ2) is 4.46. The number of hydrogen-bond donors (Lipinski definition) is 1. The van der Waals surface area contributed by atoms with Crippen LogP contribution < -0.4 is 4.72 Å². The zero-order valence-electron chi connectivity index (χ0n) is 7.95. The lowest BCUT2D eigenvalue weighted by Crippen LogP contribution is -2.27. The minimum Gasteiger partial charge on any atom is -0.465 e. The Morgan fingerprint density at radius 3 is 2.64 bits per heavy atom. The summed E-state index contributed by atoms with van der Waals surface area (Å²) in [5.74, 6) is 1.39. The minimum absolute atomic E-state index is 0.107. The van der Waals surface area contributed by atoms with Gasteiger partial charge in [0.05, 0.1) is 6.04 Å². The summed E-state index contributed by atoms with van der Waals surface area (Å²) in [6.07, 6.45) is 0. The number of halogens is 1. The molecule has 0 bridgehead atoms. The van der Waals surface area contributed by atoms with Crippen LogP contribution in [0.5, 0.6) is 0 Å². The van der Waals surface area contributed by atoms with Crippen molar-refractivity contribution in [2.24, 2.45) is 0 Å². The number of alkyl halides is 1. The molecule has 0 fully saturated rings. The maximum Gasteiger partial charge on any atom is 0.222 e. The highest BCUT2D eigenvalue weighted by Gasteiger charge is 2.16. The average molecular weight is 282 g/mol. The van der Waals surface area contributed by atoms with E-state index in [1.165, 1.54) is 0 Å². The van der Waals surface area contributed by atoms with Crippen molar-refractivity contribution in [1.82, 2.24) is 4.72 Å². The van der Waals surface area contributed by atoms with Gasteiger partial charge in [0.2, 0.25) is 10.0 Å². The molecular formula is C8H12BrNO3S. The first kappa shape index (κ1) is 11.7. The maximum absolute atomic E-state index is 11.2. The van der Waals surface area contributed by atoms with Crippen LogP contribution in [0.15, 0.2) is 16.5 Å². The third-order valence-electron chi connectivity index (χ3n) is 1.69. The van der Waals surface area contributed by atoms with Crippen LogP contribution in [0.25, 0.3) is 0 Å². The summed E-state index contributed by atoms with van der Waals surface area (Å²) in [5, 5.41) is 0. The first-order valence-corrected chi connectivity index (χ1v) is 6.84. The number of nitrogens with one attached hydrogen (secondary N) is 1. The highest BCUT2D eigenvalue weighted by atomic mass is 79.9. The van der Waals surface area contributed by atoms with Gasteiger partial charge in [-0.3, -0.25) is 0 Å². The van der Waals surface area contributed by atoms with Crippen LogP contribution in [0.2, 0.25) is 0 Å². The number of rotatable bonds is 4. The van der Waals surface area contributed by atoms with Gasteiger partial charge in [-0.1, -0.05) is 15.9 Å². The molecular weight excluding hydrogens is 270 g/mol. The Labute approximate surface area is 91.9 Å². The summed E-state index contributed by atoms with van der Waals surface area (Å²) in [6, 6.07) is 3.22. The summed E-state index contributed by atoms with van der Waals surface area (Å²) in [4.78, 5) is 0. The third-order valence-corrected chi connectivity index (χ3v) is 4.50. The minimum atomic E-state index is -3.25. The molecule has 0 spiro atoms. The predicted octanol–water partition coefficient (Wildman–Crippen LogP) is 1.92. The van der Waals surface area contributed by atoms with Crippen molar-refractivity contribution in [3.8, 4) is 0 Å². The van der Waals surface area contributed by atoms with Crippen molar-refractivity contribution in [2.45, 2.75) is 19.9 Å². The van der Waals surface area contributed by atoms with Gasteiger partial charge in [-0.05, 0) is 26.0 Å². The van der Waals surface area contributed by atoms with E-state index >= 15 is 0 Å². The van der Waals surface area contributed by atoms with Crippen LogP contribution in [0.3, 0.4) is 0 Å². The molecule has 1 atom stereocenters. The first-order chi connectivity index (χ1) is 6.44. The molecule has 14 heavy (non-hydrogen) atoms. The molecule has 6 heteroatoms. The van der Waals surface area contributed by atoms with Crippen molar-refractivity contribution in [3.05, 3.63) is 23.7 Å². The fraction of sp³-hybridized carbons (Fsp3) is 0.500. The fourth-order valence-corrected chi connectivity index (χ4v) is 2.16. The molecule has 0 aliphatic rings. The standard InChI is InChI=1S/C8H12BrNO3S/c1-6-3-4-8(13-6)7(2)10-14(11,12)5-9/h3-4,7,10H,5H2,1-2H3. The normalized spacial score (nSPS) is 14.2. The van der Waals surface area contributed by atoms with Gasteiger partial charge in [0.1, 0.15) is 16.2 Å². The van der Waals surface area contributed by atoms with E-state index in [0.717, 1.165) is 5.76 Å². The quantitative estimate of drug-likeness (QED) is 0.858. The number of hydrogen-bond acceptors (Lipinski definition) is 3. The van der Waals surface area contributed by atoms with Gasteiger partial charge in [-0.2, -0.15) is 0 Å². The van der Waals surface area contributed by atoms with E-state index in [9.17, 15) is 8.42 Å². The molecule has 0 radical (unpaired) electrons. The number of aryl methyl sites for hydroxylation is 1. The van der Waals surface area contributed by atoms with Gasteiger partial charge in [0.15, 0.2) is 0 Å². The number of sulfonamides is 1. The molecule has 0 amide bonds. The van der Waals surface area contributed by atoms with Crippen LogP contribution in [0, 0.1) is 6.92 Å². The summed E-state index contributed by atoms with van der Waals surface area (Å²) in [6.45, 7) is 3.55. The van der Waals surface area contributed by atoms with E-state index in [0.29, 0.717) is 5.76 Å². The molecule has 80 valence electrons. The fourth-order valence-electron chi connectivity index (χ4n) is 1.05. The Balaban J connectivity index is 2.73. The Kier molecular flexibility index (Phi) is 3.74. The Hall–Kier alpha value is -0.330.